The van der Waals surface area contributed by atoms with Crippen molar-refractivity contribution in [1.82, 2.24) is 10.6 Å². The lowest BCUT2D eigenvalue weighted by Gasteiger charge is -2.34. The highest BCUT2D eigenvalue weighted by Crippen LogP contribution is 2.44. The maximum atomic E-state index is 12.2. The second-order valence-corrected chi connectivity index (χ2v) is 5.18. The van der Waals surface area contributed by atoms with Gasteiger partial charge in [0.05, 0.1) is 7.11 Å². The van der Waals surface area contributed by atoms with E-state index >= 15 is 0 Å². The van der Waals surface area contributed by atoms with Crippen LogP contribution in [-0.2, 0) is 16.8 Å². The Hall–Kier alpha value is -1.75. The number of fused-ring (bicyclic) bond motifs is 2. The van der Waals surface area contributed by atoms with Crippen molar-refractivity contribution in [2.75, 3.05) is 7.11 Å². The van der Waals surface area contributed by atoms with E-state index in [1.165, 1.54) is 0 Å². The maximum Gasteiger partial charge on any atom is 0.322 e. The Balaban J connectivity index is 2.25. The van der Waals surface area contributed by atoms with Gasteiger partial charge >= 0.3 is 6.03 Å². The third-order valence-corrected chi connectivity index (χ3v) is 4.10. The molecule has 1 fully saturated rings. The summed E-state index contributed by atoms with van der Waals surface area (Å²) in [5.41, 5.74) is 0.526. The second-order valence-electron chi connectivity index (χ2n) is 4.77. The maximum absolute atomic E-state index is 12.2. The molecular formula is C13H13ClN2O3. The molecule has 1 spiro atoms. The van der Waals surface area contributed by atoms with E-state index < -0.39 is 11.6 Å². The summed E-state index contributed by atoms with van der Waals surface area (Å²) in [5, 5.41) is 5.50. The normalized spacial score (nSPS) is 24.9. The number of amides is 3. The van der Waals surface area contributed by atoms with Gasteiger partial charge in [0, 0.05) is 16.1 Å². The summed E-state index contributed by atoms with van der Waals surface area (Å²) >= 11 is 6.27. The predicted octanol–water partition coefficient (Wildman–Crippen LogP) is 1.72. The highest BCUT2D eigenvalue weighted by Gasteiger charge is 2.51. The highest BCUT2D eigenvalue weighted by molar-refractivity contribution is 6.32. The zero-order valence-corrected chi connectivity index (χ0v) is 11.1. The van der Waals surface area contributed by atoms with Crippen molar-refractivity contribution >= 4 is 23.5 Å². The van der Waals surface area contributed by atoms with Gasteiger partial charge < -0.3 is 10.1 Å². The summed E-state index contributed by atoms with van der Waals surface area (Å²) in [4.78, 5) is 23.7. The van der Waals surface area contributed by atoms with E-state index in [1.807, 2.05) is 0 Å². The Morgan fingerprint density at radius 3 is 2.79 bits per heavy atom. The third-order valence-electron chi connectivity index (χ3n) is 3.79. The summed E-state index contributed by atoms with van der Waals surface area (Å²) < 4.78 is 5.33. The van der Waals surface area contributed by atoms with Crippen molar-refractivity contribution in [1.29, 1.82) is 0 Å². The van der Waals surface area contributed by atoms with Crippen LogP contribution in [0.1, 0.15) is 24.0 Å². The van der Waals surface area contributed by atoms with Crippen molar-refractivity contribution in [2.45, 2.75) is 24.8 Å². The molecule has 1 saturated heterocycles. The quantitative estimate of drug-likeness (QED) is 0.770. The number of ether oxygens (including phenoxy) is 1. The SMILES string of the molecule is COc1ccc(Cl)c2c1CCCC21NC(=O)NC1=O. The molecule has 0 aromatic heterocycles. The van der Waals surface area contributed by atoms with Gasteiger partial charge in [0.15, 0.2) is 0 Å². The van der Waals surface area contributed by atoms with Crippen LogP contribution < -0.4 is 15.4 Å². The van der Waals surface area contributed by atoms with Crippen LogP contribution >= 0.6 is 11.6 Å². The molecule has 1 heterocycles. The zero-order chi connectivity index (χ0) is 13.6. The van der Waals surface area contributed by atoms with E-state index in [1.54, 1.807) is 19.2 Å². The van der Waals surface area contributed by atoms with Crippen molar-refractivity contribution in [2.24, 2.45) is 0 Å². The highest BCUT2D eigenvalue weighted by atomic mass is 35.5. The summed E-state index contributed by atoms with van der Waals surface area (Å²) in [7, 11) is 1.58. The molecule has 1 aliphatic carbocycles. The number of hydrogen-bond acceptors (Lipinski definition) is 3. The van der Waals surface area contributed by atoms with Crippen LogP contribution in [0.5, 0.6) is 5.75 Å². The number of halogens is 1. The van der Waals surface area contributed by atoms with Gasteiger partial charge in [0.2, 0.25) is 0 Å². The van der Waals surface area contributed by atoms with Crippen LogP contribution in [0, 0.1) is 0 Å². The largest absolute Gasteiger partial charge is 0.496 e. The Morgan fingerprint density at radius 2 is 2.16 bits per heavy atom. The van der Waals surface area contributed by atoms with Gasteiger partial charge in [-0.1, -0.05) is 11.6 Å². The first-order valence-electron chi connectivity index (χ1n) is 6.08. The monoisotopic (exact) mass is 280 g/mol. The molecule has 19 heavy (non-hydrogen) atoms. The Bertz CT molecular complexity index is 587. The first kappa shape index (κ1) is 12.3. The molecule has 1 unspecified atom stereocenters. The average molecular weight is 281 g/mol. The van der Waals surface area contributed by atoms with Crippen LogP contribution in [-0.4, -0.2) is 19.0 Å². The minimum absolute atomic E-state index is 0.339. The molecule has 3 amide bonds. The lowest BCUT2D eigenvalue weighted by Crippen LogP contribution is -2.46. The first-order valence-corrected chi connectivity index (χ1v) is 6.46. The molecule has 2 N–H and O–H groups in total. The molecule has 0 saturated carbocycles. The Kier molecular flexibility index (Phi) is 2.67. The third kappa shape index (κ3) is 1.61. The lowest BCUT2D eigenvalue weighted by molar-refractivity contribution is -0.124. The first-order chi connectivity index (χ1) is 9.08. The van der Waals surface area contributed by atoms with Gasteiger partial charge in [-0.2, -0.15) is 0 Å². The molecule has 0 bridgehead atoms. The van der Waals surface area contributed by atoms with Crippen LogP contribution in [0.4, 0.5) is 4.79 Å². The molecule has 3 rings (SSSR count). The number of carbonyl (C=O) groups excluding carboxylic acids is 2. The van der Waals surface area contributed by atoms with Crippen LogP contribution in [0.2, 0.25) is 5.02 Å². The number of urea groups is 1. The van der Waals surface area contributed by atoms with Gasteiger partial charge in [-0.15, -0.1) is 0 Å². The molecular weight excluding hydrogens is 268 g/mol. The Morgan fingerprint density at radius 1 is 1.37 bits per heavy atom. The number of hydrogen-bond donors (Lipinski definition) is 2. The molecule has 5 nitrogen and oxygen atoms in total. The molecule has 1 aromatic carbocycles. The van der Waals surface area contributed by atoms with E-state index in [0.29, 0.717) is 22.8 Å². The van der Waals surface area contributed by atoms with E-state index in [2.05, 4.69) is 10.6 Å². The van der Waals surface area contributed by atoms with Crippen molar-refractivity contribution in [3.05, 3.63) is 28.3 Å². The number of rotatable bonds is 1. The minimum atomic E-state index is -1.05. The molecule has 1 aliphatic heterocycles. The van der Waals surface area contributed by atoms with Crippen molar-refractivity contribution in [3.63, 3.8) is 0 Å². The van der Waals surface area contributed by atoms with Crippen molar-refractivity contribution < 1.29 is 14.3 Å². The summed E-state index contributed by atoms with van der Waals surface area (Å²) in [6.07, 6.45) is 2.12. The van der Waals surface area contributed by atoms with Gasteiger partial charge in [0.1, 0.15) is 11.3 Å². The van der Waals surface area contributed by atoms with Crippen LogP contribution in [0.25, 0.3) is 0 Å². The fraction of sp³-hybridized carbons (Fsp3) is 0.385. The van der Waals surface area contributed by atoms with Gasteiger partial charge in [-0.05, 0) is 31.4 Å². The number of benzene rings is 1. The molecule has 6 heteroatoms. The molecule has 1 aromatic rings. The molecule has 2 aliphatic rings. The van der Waals surface area contributed by atoms with E-state index in [-0.39, 0.29) is 5.91 Å². The summed E-state index contributed by atoms with van der Waals surface area (Å²) in [5.74, 6) is 0.362. The van der Waals surface area contributed by atoms with Crippen molar-refractivity contribution in [3.8, 4) is 5.75 Å². The van der Waals surface area contributed by atoms with E-state index in [9.17, 15) is 9.59 Å². The molecule has 1 atom stereocenters. The average Bonchev–Trinajstić information content (AvgIpc) is 2.65. The number of nitrogens with one attached hydrogen (secondary N) is 2. The number of imide groups is 1. The molecule has 0 radical (unpaired) electrons. The fourth-order valence-corrected chi connectivity index (χ4v) is 3.34. The smallest absolute Gasteiger partial charge is 0.322 e. The number of methoxy groups -OCH3 is 1. The Labute approximate surface area is 115 Å². The summed E-state index contributed by atoms with van der Waals surface area (Å²) in [6.45, 7) is 0. The summed E-state index contributed by atoms with van der Waals surface area (Å²) in [6, 6.07) is 3.01. The van der Waals surface area contributed by atoms with Gasteiger partial charge in [-0.25, -0.2) is 4.79 Å². The molecule has 100 valence electrons. The van der Waals surface area contributed by atoms with E-state index in [0.717, 1.165) is 18.4 Å². The van der Waals surface area contributed by atoms with Crippen LogP contribution in [0.15, 0.2) is 12.1 Å². The van der Waals surface area contributed by atoms with E-state index in [4.69, 9.17) is 16.3 Å². The predicted molar refractivity (Wildman–Crippen MR) is 69.3 cm³/mol. The van der Waals surface area contributed by atoms with Crippen LogP contribution in [0.3, 0.4) is 0 Å². The van der Waals surface area contributed by atoms with Gasteiger partial charge in [0.25, 0.3) is 5.91 Å². The second kappa shape index (κ2) is 4.13. The topological polar surface area (TPSA) is 67.4 Å². The standard InChI is InChI=1S/C13H13ClN2O3/c1-19-9-5-4-8(14)10-7(9)3-2-6-13(10)11(17)15-12(18)16-13/h4-5H,2-3,6H2,1H3,(H2,15,16,17,18). The lowest BCUT2D eigenvalue weighted by atomic mass is 9.76. The number of carbonyl (C=O) groups is 2. The fourth-order valence-electron chi connectivity index (χ4n) is 3.00. The van der Waals surface area contributed by atoms with Gasteiger partial charge in [-0.3, -0.25) is 10.1 Å². The zero-order valence-electron chi connectivity index (χ0n) is 10.4. The minimum Gasteiger partial charge on any atom is -0.496 e.